The Balaban J connectivity index is 1.35. The third-order valence-corrected chi connectivity index (χ3v) is 5.77. The van der Waals surface area contributed by atoms with E-state index in [1.54, 1.807) is 30.3 Å². The first-order chi connectivity index (χ1) is 15.0. The number of carbonyl (C=O) groups is 1. The zero-order chi connectivity index (χ0) is 21.8. The molecule has 0 spiro atoms. The van der Waals surface area contributed by atoms with Crippen molar-refractivity contribution in [1.82, 2.24) is 4.90 Å². The zero-order valence-corrected chi connectivity index (χ0v) is 18.7. The Bertz CT molecular complexity index is 1080. The molecule has 1 fully saturated rings. The molecule has 2 heterocycles. The molecule has 1 saturated heterocycles. The van der Waals surface area contributed by atoms with Gasteiger partial charge >= 0.3 is 0 Å². The summed E-state index contributed by atoms with van der Waals surface area (Å²) < 4.78 is 5.78. The number of hydrogen-bond acceptors (Lipinski definition) is 4. The Labute approximate surface area is 191 Å². The van der Waals surface area contributed by atoms with Crippen LogP contribution in [0.15, 0.2) is 65.1 Å². The van der Waals surface area contributed by atoms with E-state index in [2.05, 4.69) is 22.2 Å². The van der Waals surface area contributed by atoms with E-state index < -0.39 is 0 Å². The smallest absolute Gasteiger partial charge is 0.248 e. The van der Waals surface area contributed by atoms with Gasteiger partial charge in [-0.3, -0.25) is 4.79 Å². The third-order valence-electron chi connectivity index (χ3n) is 5.23. The average molecular weight is 456 g/mol. The van der Waals surface area contributed by atoms with E-state index in [1.165, 1.54) is 11.8 Å². The van der Waals surface area contributed by atoms with Gasteiger partial charge in [0, 0.05) is 54.2 Å². The van der Waals surface area contributed by atoms with Crippen molar-refractivity contribution in [3.05, 3.63) is 76.5 Å². The van der Waals surface area contributed by atoms with Gasteiger partial charge in [0.15, 0.2) is 0 Å². The molecule has 1 amide bonds. The lowest BCUT2D eigenvalue weighted by molar-refractivity contribution is -0.111. The van der Waals surface area contributed by atoms with Crippen LogP contribution in [0.4, 0.5) is 11.4 Å². The topological polar surface area (TPSA) is 48.7 Å². The van der Waals surface area contributed by atoms with E-state index in [-0.39, 0.29) is 5.91 Å². The lowest BCUT2D eigenvalue weighted by Gasteiger charge is -2.34. The van der Waals surface area contributed by atoms with Crippen molar-refractivity contribution in [1.29, 1.82) is 0 Å². The molecule has 1 aliphatic rings. The maximum atomic E-state index is 12.3. The van der Waals surface area contributed by atoms with Gasteiger partial charge in [-0.25, -0.2) is 0 Å². The molecular formula is C24H23Cl2N3O2. The average Bonchev–Trinajstić information content (AvgIpc) is 3.22. The molecule has 0 bridgehead atoms. The van der Waals surface area contributed by atoms with Crippen LogP contribution in [0.1, 0.15) is 5.76 Å². The highest BCUT2D eigenvalue weighted by molar-refractivity contribution is 6.36. The van der Waals surface area contributed by atoms with E-state index in [1.807, 2.05) is 30.3 Å². The summed E-state index contributed by atoms with van der Waals surface area (Å²) in [5.41, 5.74) is 2.67. The molecule has 1 aliphatic heterocycles. The first kappa shape index (κ1) is 21.5. The minimum atomic E-state index is -0.227. The molecule has 5 nitrogen and oxygen atoms in total. The van der Waals surface area contributed by atoms with Crippen LogP contribution in [0.25, 0.3) is 17.4 Å². The summed E-state index contributed by atoms with van der Waals surface area (Å²) in [6.45, 7) is 4.14. The second-order valence-corrected chi connectivity index (χ2v) is 8.33. The molecule has 1 aromatic heterocycles. The summed E-state index contributed by atoms with van der Waals surface area (Å²) in [5, 5.41) is 3.95. The fourth-order valence-electron chi connectivity index (χ4n) is 3.44. The van der Waals surface area contributed by atoms with Gasteiger partial charge in [0.25, 0.3) is 0 Å². The van der Waals surface area contributed by atoms with Crippen LogP contribution < -0.4 is 10.2 Å². The number of benzene rings is 2. The number of amides is 1. The Morgan fingerprint density at radius 1 is 1.00 bits per heavy atom. The number of nitrogens with zero attached hydrogens (tertiary/aromatic N) is 2. The van der Waals surface area contributed by atoms with Crippen LogP contribution in [0, 0.1) is 0 Å². The molecule has 0 aliphatic carbocycles. The van der Waals surface area contributed by atoms with Crippen molar-refractivity contribution >= 4 is 46.6 Å². The Morgan fingerprint density at radius 3 is 2.45 bits per heavy atom. The predicted octanol–water partition coefficient (Wildman–Crippen LogP) is 5.66. The van der Waals surface area contributed by atoms with Gasteiger partial charge < -0.3 is 19.5 Å². The van der Waals surface area contributed by atoms with Crippen LogP contribution in [-0.2, 0) is 4.79 Å². The van der Waals surface area contributed by atoms with E-state index in [4.69, 9.17) is 27.6 Å². The fraction of sp³-hybridized carbons (Fsp3) is 0.208. The van der Waals surface area contributed by atoms with Crippen LogP contribution in [0.2, 0.25) is 10.0 Å². The monoisotopic (exact) mass is 455 g/mol. The Hall–Kier alpha value is -2.73. The Kier molecular flexibility index (Phi) is 6.66. The van der Waals surface area contributed by atoms with Crippen LogP contribution in [0.5, 0.6) is 0 Å². The minimum Gasteiger partial charge on any atom is -0.457 e. The van der Waals surface area contributed by atoms with Crippen molar-refractivity contribution in [2.24, 2.45) is 0 Å². The molecule has 3 aromatic rings. The van der Waals surface area contributed by atoms with Gasteiger partial charge in [-0.1, -0.05) is 23.2 Å². The summed E-state index contributed by atoms with van der Waals surface area (Å²) >= 11 is 12.2. The number of piperazine rings is 1. The standard InChI is InChI=1S/C24H23Cl2N3O2/c1-28-12-14-29(15-13-28)19-5-3-18(4-6-19)27-24(30)11-8-20-7-10-23(31-20)21-9-2-17(25)16-22(21)26/h2-11,16H,12-15H2,1H3,(H,27,30)/b11-8+. The molecule has 31 heavy (non-hydrogen) atoms. The highest BCUT2D eigenvalue weighted by Crippen LogP contribution is 2.31. The lowest BCUT2D eigenvalue weighted by atomic mass is 10.2. The van der Waals surface area contributed by atoms with Crippen LogP contribution in [-0.4, -0.2) is 44.0 Å². The summed E-state index contributed by atoms with van der Waals surface area (Å²) in [6, 6.07) is 16.7. The normalized spacial score (nSPS) is 14.9. The number of furan rings is 1. The molecule has 160 valence electrons. The van der Waals surface area contributed by atoms with Gasteiger partial charge in [0.05, 0.1) is 5.02 Å². The maximum absolute atomic E-state index is 12.3. The fourth-order valence-corrected chi connectivity index (χ4v) is 3.94. The largest absolute Gasteiger partial charge is 0.457 e. The molecule has 0 unspecified atom stereocenters. The molecule has 0 radical (unpaired) electrons. The quantitative estimate of drug-likeness (QED) is 0.504. The van der Waals surface area contributed by atoms with E-state index >= 15 is 0 Å². The van der Waals surface area contributed by atoms with Crippen molar-refractivity contribution in [3.63, 3.8) is 0 Å². The Morgan fingerprint density at radius 2 is 1.74 bits per heavy atom. The summed E-state index contributed by atoms with van der Waals surface area (Å²) in [6.07, 6.45) is 3.07. The number of carbonyl (C=O) groups excluding carboxylic acids is 1. The van der Waals surface area contributed by atoms with Crippen molar-refractivity contribution in [3.8, 4) is 11.3 Å². The number of nitrogens with one attached hydrogen (secondary N) is 1. The lowest BCUT2D eigenvalue weighted by Crippen LogP contribution is -2.44. The number of anilines is 2. The van der Waals surface area contributed by atoms with Crippen molar-refractivity contribution < 1.29 is 9.21 Å². The SMILES string of the molecule is CN1CCN(c2ccc(NC(=O)/C=C/c3ccc(-c4ccc(Cl)cc4Cl)o3)cc2)CC1. The van der Waals surface area contributed by atoms with Gasteiger partial charge in [-0.15, -0.1) is 0 Å². The second kappa shape index (κ2) is 9.60. The zero-order valence-electron chi connectivity index (χ0n) is 17.1. The maximum Gasteiger partial charge on any atom is 0.248 e. The second-order valence-electron chi connectivity index (χ2n) is 7.49. The van der Waals surface area contributed by atoms with Gasteiger partial charge in [0.2, 0.25) is 5.91 Å². The number of likely N-dealkylation sites (N-methyl/N-ethyl adjacent to an activating group) is 1. The number of halogens is 2. The number of hydrogen-bond donors (Lipinski definition) is 1. The molecule has 0 atom stereocenters. The number of rotatable bonds is 5. The van der Waals surface area contributed by atoms with Gasteiger partial charge in [0.1, 0.15) is 11.5 Å². The molecule has 1 N–H and O–H groups in total. The third kappa shape index (κ3) is 5.50. The van der Waals surface area contributed by atoms with E-state index in [0.717, 1.165) is 37.4 Å². The van der Waals surface area contributed by atoms with Crippen LogP contribution >= 0.6 is 23.2 Å². The van der Waals surface area contributed by atoms with Gasteiger partial charge in [-0.2, -0.15) is 0 Å². The predicted molar refractivity (Wildman–Crippen MR) is 128 cm³/mol. The summed E-state index contributed by atoms with van der Waals surface area (Å²) in [4.78, 5) is 17.0. The highest BCUT2D eigenvalue weighted by Gasteiger charge is 2.14. The van der Waals surface area contributed by atoms with Gasteiger partial charge in [-0.05, 0) is 67.7 Å². The van der Waals surface area contributed by atoms with E-state index in [0.29, 0.717) is 21.6 Å². The molecule has 4 rings (SSSR count). The molecular weight excluding hydrogens is 433 g/mol. The summed E-state index contributed by atoms with van der Waals surface area (Å²) in [7, 11) is 2.14. The molecule has 0 saturated carbocycles. The molecule has 7 heteroatoms. The first-order valence-corrected chi connectivity index (χ1v) is 10.8. The highest BCUT2D eigenvalue weighted by atomic mass is 35.5. The van der Waals surface area contributed by atoms with Crippen LogP contribution in [0.3, 0.4) is 0 Å². The summed E-state index contributed by atoms with van der Waals surface area (Å²) in [5.74, 6) is 0.942. The minimum absolute atomic E-state index is 0.227. The first-order valence-electron chi connectivity index (χ1n) is 10.1. The molecule has 2 aromatic carbocycles. The van der Waals surface area contributed by atoms with E-state index in [9.17, 15) is 4.79 Å². The van der Waals surface area contributed by atoms with Crippen molar-refractivity contribution in [2.45, 2.75) is 0 Å². The van der Waals surface area contributed by atoms with Crippen molar-refractivity contribution in [2.75, 3.05) is 43.4 Å².